The molecule has 0 amide bonds. The molecular weight excluding hydrogens is 288 g/mol. The third-order valence-electron chi connectivity index (χ3n) is 2.03. The zero-order chi connectivity index (χ0) is 12.3. The molecule has 0 N–H and O–H groups in total. The van der Waals surface area contributed by atoms with Gasteiger partial charge in [-0.2, -0.15) is 4.98 Å². The second kappa shape index (κ2) is 5.09. The van der Waals surface area contributed by atoms with E-state index in [-0.39, 0.29) is 6.61 Å². The van der Waals surface area contributed by atoms with E-state index in [1.807, 2.05) is 0 Å². The molecule has 5 nitrogen and oxygen atoms in total. The van der Waals surface area contributed by atoms with Crippen molar-refractivity contribution in [3.8, 4) is 5.75 Å². The van der Waals surface area contributed by atoms with Gasteiger partial charge in [0.25, 0.3) is 0 Å². The number of halogens is 1. The van der Waals surface area contributed by atoms with Crippen LogP contribution in [0.5, 0.6) is 5.75 Å². The highest BCUT2D eigenvalue weighted by Crippen LogP contribution is 2.22. The van der Waals surface area contributed by atoms with Crippen LogP contribution in [0.15, 0.2) is 27.2 Å². The van der Waals surface area contributed by atoms with Gasteiger partial charge in [0, 0.05) is 11.4 Å². The van der Waals surface area contributed by atoms with Gasteiger partial charge in [-0.05, 0) is 18.2 Å². The number of aldehydes is 1. The molecular formula is C11H9BrN2O3. The topological polar surface area (TPSA) is 65.2 Å². The van der Waals surface area contributed by atoms with E-state index >= 15 is 0 Å². The minimum Gasteiger partial charge on any atom is -0.485 e. The van der Waals surface area contributed by atoms with Crippen molar-refractivity contribution in [1.29, 1.82) is 0 Å². The van der Waals surface area contributed by atoms with Crippen LogP contribution in [-0.2, 0) is 6.61 Å². The number of benzene rings is 1. The molecule has 0 spiro atoms. The molecule has 0 aliphatic heterocycles. The Morgan fingerprint density at radius 2 is 2.35 bits per heavy atom. The Morgan fingerprint density at radius 1 is 1.53 bits per heavy atom. The minimum absolute atomic E-state index is 0.166. The molecule has 2 rings (SSSR count). The predicted octanol–water partition coefficient (Wildman–Crippen LogP) is 2.53. The fraction of sp³-hybridized carbons (Fsp3) is 0.182. The third-order valence-corrected chi connectivity index (χ3v) is 2.52. The fourth-order valence-corrected chi connectivity index (χ4v) is 1.66. The lowest BCUT2D eigenvalue weighted by Gasteiger charge is -2.06. The van der Waals surface area contributed by atoms with Gasteiger partial charge in [0.05, 0.1) is 5.56 Å². The summed E-state index contributed by atoms with van der Waals surface area (Å²) in [6, 6.07) is 5.19. The Balaban J connectivity index is 2.11. The predicted molar refractivity (Wildman–Crippen MR) is 62.9 cm³/mol. The summed E-state index contributed by atoms with van der Waals surface area (Å²) >= 11 is 3.28. The Morgan fingerprint density at radius 3 is 3.00 bits per heavy atom. The molecule has 0 fully saturated rings. The van der Waals surface area contributed by atoms with Crippen LogP contribution in [0.3, 0.4) is 0 Å². The summed E-state index contributed by atoms with van der Waals surface area (Å²) in [5, 5.41) is 3.70. The molecule has 0 saturated carbocycles. The number of hydrogen-bond acceptors (Lipinski definition) is 5. The van der Waals surface area contributed by atoms with Gasteiger partial charge in [0.2, 0.25) is 11.7 Å². The smallest absolute Gasteiger partial charge is 0.223 e. The van der Waals surface area contributed by atoms with Crippen molar-refractivity contribution in [2.24, 2.45) is 0 Å². The monoisotopic (exact) mass is 296 g/mol. The van der Waals surface area contributed by atoms with Crippen molar-refractivity contribution in [2.45, 2.75) is 13.5 Å². The molecule has 0 radical (unpaired) electrons. The lowest BCUT2D eigenvalue weighted by molar-refractivity contribution is 0.111. The minimum atomic E-state index is 0.166. The fourth-order valence-electron chi connectivity index (χ4n) is 1.29. The van der Waals surface area contributed by atoms with E-state index in [1.54, 1.807) is 25.1 Å². The van der Waals surface area contributed by atoms with Crippen LogP contribution in [0, 0.1) is 6.92 Å². The van der Waals surface area contributed by atoms with E-state index in [9.17, 15) is 4.79 Å². The SMILES string of the molecule is Cc1nc(COc2ccc(Br)cc2C=O)no1. The van der Waals surface area contributed by atoms with E-state index < -0.39 is 0 Å². The van der Waals surface area contributed by atoms with Gasteiger partial charge < -0.3 is 9.26 Å². The van der Waals surface area contributed by atoms with Crippen LogP contribution in [0.25, 0.3) is 0 Å². The van der Waals surface area contributed by atoms with Crippen molar-refractivity contribution in [3.63, 3.8) is 0 Å². The van der Waals surface area contributed by atoms with Gasteiger partial charge in [0.1, 0.15) is 5.75 Å². The maximum atomic E-state index is 10.8. The second-order valence-electron chi connectivity index (χ2n) is 3.32. The molecule has 0 aliphatic carbocycles. The van der Waals surface area contributed by atoms with Crippen molar-refractivity contribution >= 4 is 22.2 Å². The van der Waals surface area contributed by atoms with E-state index in [2.05, 4.69) is 26.1 Å². The standard InChI is InChI=1S/C11H9BrN2O3/c1-7-13-11(14-17-7)6-16-10-3-2-9(12)4-8(10)5-15/h2-5H,6H2,1H3. The number of hydrogen-bond donors (Lipinski definition) is 0. The molecule has 1 aromatic heterocycles. The summed E-state index contributed by atoms with van der Waals surface area (Å²) in [7, 11) is 0. The molecule has 88 valence electrons. The highest BCUT2D eigenvalue weighted by Gasteiger charge is 2.07. The largest absolute Gasteiger partial charge is 0.485 e. The first-order valence-corrected chi connectivity index (χ1v) is 5.65. The molecule has 0 saturated heterocycles. The molecule has 2 aromatic rings. The van der Waals surface area contributed by atoms with E-state index in [1.165, 1.54) is 0 Å². The van der Waals surface area contributed by atoms with Crippen molar-refractivity contribution in [1.82, 2.24) is 10.1 Å². The number of aryl methyl sites for hydroxylation is 1. The third kappa shape index (κ3) is 2.91. The van der Waals surface area contributed by atoms with Gasteiger partial charge in [-0.25, -0.2) is 0 Å². The summed E-state index contributed by atoms with van der Waals surface area (Å²) in [6.07, 6.45) is 0.738. The van der Waals surface area contributed by atoms with E-state index in [0.717, 1.165) is 10.8 Å². The summed E-state index contributed by atoms with van der Waals surface area (Å²) in [6.45, 7) is 1.87. The lowest BCUT2D eigenvalue weighted by Crippen LogP contribution is -2.00. The van der Waals surface area contributed by atoms with Crippen LogP contribution in [-0.4, -0.2) is 16.4 Å². The van der Waals surface area contributed by atoms with Crippen molar-refractivity contribution < 1.29 is 14.1 Å². The summed E-state index contributed by atoms with van der Waals surface area (Å²) < 4.78 is 11.1. The summed E-state index contributed by atoms with van der Waals surface area (Å²) in [5.74, 6) is 1.42. The number of rotatable bonds is 4. The van der Waals surface area contributed by atoms with Crippen LogP contribution in [0.1, 0.15) is 22.1 Å². The Labute approximate surface area is 106 Å². The number of aromatic nitrogens is 2. The van der Waals surface area contributed by atoms with Crippen molar-refractivity contribution in [2.75, 3.05) is 0 Å². The van der Waals surface area contributed by atoms with Gasteiger partial charge >= 0.3 is 0 Å². The van der Waals surface area contributed by atoms with Crippen LogP contribution >= 0.6 is 15.9 Å². The molecule has 0 aliphatic rings. The summed E-state index contributed by atoms with van der Waals surface area (Å²) in [4.78, 5) is 14.8. The second-order valence-corrected chi connectivity index (χ2v) is 4.23. The quantitative estimate of drug-likeness (QED) is 0.811. The maximum absolute atomic E-state index is 10.8. The highest BCUT2D eigenvalue weighted by atomic mass is 79.9. The first kappa shape index (κ1) is 11.8. The molecule has 0 unspecified atom stereocenters. The first-order valence-electron chi connectivity index (χ1n) is 4.86. The number of ether oxygens (including phenoxy) is 1. The van der Waals surface area contributed by atoms with E-state index in [0.29, 0.717) is 23.0 Å². The average molecular weight is 297 g/mol. The van der Waals surface area contributed by atoms with Gasteiger partial charge in [-0.3, -0.25) is 4.79 Å². The lowest BCUT2D eigenvalue weighted by atomic mass is 10.2. The van der Waals surface area contributed by atoms with Gasteiger partial charge in [-0.1, -0.05) is 21.1 Å². The molecule has 6 heteroatoms. The van der Waals surface area contributed by atoms with Gasteiger partial charge in [-0.15, -0.1) is 0 Å². The molecule has 0 bridgehead atoms. The van der Waals surface area contributed by atoms with Crippen LogP contribution in [0.2, 0.25) is 0 Å². The Kier molecular flexibility index (Phi) is 3.53. The number of carbonyl (C=O) groups is 1. The molecule has 1 aromatic carbocycles. The highest BCUT2D eigenvalue weighted by molar-refractivity contribution is 9.10. The normalized spacial score (nSPS) is 10.2. The molecule has 17 heavy (non-hydrogen) atoms. The maximum Gasteiger partial charge on any atom is 0.223 e. The zero-order valence-electron chi connectivity index (χ0n) is 9.01. The van der Waals surface area contributed by atoms with E-state index in [4.69, 9.17) is 9.26 Å². The first-order chi connectivity index (χ1) is 8.19. The average Bonchev–Trinajstić information content (AvgIpc) is 2.73. The van der Waals surface area contributed by atoms with Crippen LogP contribution < -0.4 is 4.74 Å². The Bertz CT molecular complexity index is 539. The van der Waals surface area contributed by atoms with Crippen LogP contribution in [0.4, 0.5) is 0 Å². The number of carbonyl (C=O) groups excluding carboxylic acids is 1. The molecule has 1 heterocycles. The van der Waals surface area contributed by atoms with Gasteiger partial charge in [0.15, 0.2) is 12.9 Å². The zero-order valence-corrected chi connectivity index (χ0v) is 10.6. The molecule has 0 atom stereocenters. The number of nitrogens with zero attached hydrogens (tertiary/aromatic N) is 2. The Hall–Kier alpha value is -1.69. The van der Waals surface area contributed by atoms with Crippen molar-refractivity contribution in [3.05, 3.63) is 40.0 Å². The summed E-state index contributed by atoms with van der Waals surface area (Å²) in [5.41, 5.74) is 0.472.